The quantitative estimate of drug-likeness (QED) is 0.759. The van der Waals surface area contributed by atoms with Crippen molar-refractivity contribution in [1.29, 1.82) is 0 Å². The second-order valence-corrected chi connectivity index (χ2v) is 5.21. The molecule has 0 saturated heterocycles. The van der Waals surface area contributed by atoms with Crippen molar-refractivity contribution < 1.29 is 9.90 Å². The molecule has 0 aliphatic carbocycles. The van der Waals surface area contributed by atoms with Crippen LogP contribution in [0.4, 0.5) is 0 Å². The van der Waals surface area contributed by atoms with Crippen LogP contribution in [0.3, 0.4) is 0 Å². The molecule has 0 spiro atoms. The number of hydrogen-bond acceptors (Lipinski definition) is 2. The standard InChI is InChI=1S/C18H21NO2/c1-2-14(18(20)21)8-4-3-5-10-16-13-12-15-9-6-7-11-17(15)19-16/h5-7,9-14H,2-4,8H2,1H3,(H,20,21)/b10-5+. The summed E-state index contributed by atoms with van der Waals surface area (Å²) in [4.78, 5) is 15.5. The van der Waals surface area contributed by atoms with Crippen molar-refractivity contribution in [1.82, 2.24) is 4.98 Å². The van der Waals surface area contributed by atoms with E-state index in [-0.39, 0.29) is 5.92 Å². The van der Waals surface area contributed by atoms with E-state index < -0.39 is 5.97 Å². The van der Waals surface area contributed by atoms with E-state index in [2.05, 4.69) is 17.1 Å². The van der Waals surface area contributed by atoms with Crippen molar-refractivity contribution >= 4 is 22.9 Å². The lowest BCUT2D eigenvalue weighted by Crippen LogP contribution is -2.11. The smallest absolute Gasteiger partial charge is 0.306 e. The Labute approximate surface area is 125 Å². The van der Waals surface area contributed by atoms with Gasteiger partial charge in [-0.25, -0.2) is 4.98 Å². The Morgan fingerprint density at radius 2 is 2.10 bits per heavy atom. The Kier molecular flexibility index (Phi) is 5.50. The van der Waals surface area contributed by atoms with Crippen LogP contribution in [-0.2, 0) is 4.79 Å². The molecule has 0 saturated carbocycles. The zero-order valence-electron chi connectivity index (χ0n) is 12.3. The summed E-state index contributed by atoms with van der Waals surface area (Å²) in [7, 11) is 0. The summed E-state index contributed by atoms with van der Waals surface area (Å²) < 4.78 is 0. The third kappa shape index (κ3) is 4.42. The number of hydrogen-bond donors (Lipinski definition) is 1. The number of allylic oxidation sites excluding steroid dienone is 1. The average Bonchev–Trinajstić information content (AvgIpc) is 2.50. The first-order chi connectivity index (χ1) is 10.2. The van der Waals surface area contributed by atoms with E-state index in [9.17, 15) is 4.79 Å². The molecule has 1 heterocycles. The van der Waals surface area contributed by atoms with Crippen LogP contribution in [0, 0.1) is 5.92 Å². The molecular weight excluding hydrogens is 262 g/mol. The number of carboxylic acid groups (broad SMARTS) is 1. The fraction of sp³-hybridized carbons (Fsp3) is 0.333. The number of aliphatic carboxylic acids is 1. The van der Waals surface area contributed by atoms with Crippen LogP contribution < -0.4 is 0 Å². The number of carbonyl (C=O) groups is 1. The molecule has 1 unspecified atom stereocenters. The van der Waals surface area contributed by atoms with Gasteiger partial charge < -0.3 is 5.11 Å². The van der Waals surface area contributed by atoms with Crippen molar-refractivity contribution in [2.45, 2.75) is 32.6 Å². The normalized spacial score (nSPS) is 12.8. The summed E-state index contributed by atoms with van der Waals surface area (Å²) in [5, 5.41) is 10.1. The summed E-state index contributed by atoms with van der Waals surface area (Å²) in [6.07, 6.45) is 7.31. The first-order valence-corrected chi connectivity index (χ1v) is 7.46. The maximum atomic E-state index is 10.9. The summed E-state index contributed by atoms with van der Waals surface area (Å²) in [6, 6.07) is 12.1. The lowest BCUT2D eigenvalue weighted by atomic mass is 9.99. The third-order valence-corrected chi connectivity index (χ3v) is 3.67. The molecule has 2 aromatic rings. The van der Waals surface area contributed by atoms with E-state index >= 15 is 0 Å². The number of unbranched alkanes of at least 4 members (excludes halogenated alkanes) is 1. The van der Waals surface area contributed by atoms with Crippen molar-refractivity contribution in [2.24, 2.45) is 5.92 Å². The highest BCUT2D eigenvalue weighted by Gasteiger charge is 2.13. The van der Waals surface area contributed by atoms with Crippen molar-refractivity contribution in [3.63, 3.8) is 0 Å². The first kappa shape index (κ1) is 15.2. The molecule has 0 radical (unpaired) electrons. The van der Waals surface area contributed by atoms with Gasteiger partial charge in [0.1, 0.15) is 0 Å². The van der Waals surface area contributed by atoms with Gasteiger partial charge in [0.15, 0.2) is 0 Å². The minimum Gasteiger partial charge on any atom is -0.481 e. The summed E-state index contributed by atoms with van der Waals surface area (Å²) in [6.45, 7) is 1.92. The molecule has 0 aliphatic heterocycles. The molecule has 0 bridgehead atoms. The predicted octanol–water partition coefficient (Wildman–Crippen LogP) is 4.53. The van der Waals surface area contributed by atoms with Crippen LogP contribution >= 0.6 is 0 Å². The van der Waals surface area contributed by atoms with Crippen LogP contribution in [0.1, 0.15) is 38.3 Å². The van der Waals surface area contributed by atoms with Crippen LogP contribution in [-0.4, -0.2) is 16.1 Å². The SMILES string of the molecule is CCC(CCC/C=C/c1ccc2ccccc2n1)C(=O)O. The fourth-order valence-corrected chi connectivity index (χ4v) is 2.36. The molecule has 1 aromatic heterocycles. The highest BCUT2D eigenvalue weighted by Crippen LogP contribution is 2.15. The zero-order chi connectivity index (χ0) is 15.1. The van der Waals surface area contributed by atoms with Crippen molar-refractivity contribution in [3.8, 4) is 0 Å². The molecule has 1 N–H and O–H groups in total. The van der Waals surface area contributed by atoms with Gasteiger partial charge in [-0.05, 0) is 43.9 Å². The molecule has 110 valence electrons. The average molecular weight is 283 g/mol. The number of fused-ring (bicyclic) bond motifs is 1. The maximum Gasteiger partial charge on any atom is 0.306 e. The van der Waals surface area contributed by atoms with Gasteiger partial charge in [-0.3, -0.25) is 4.79 Å². The van der Waals surface area contributed by atoms with Crippen molar-refractivity contribution in [2.75, 3.05) is 0 Å². The van der Waals surface area contributed by atoms with E-state index in [0.717, 1.165) is 35.9 Å². The minimum atomic E-state index is -0.683. The van der Waals surface area contributed by atoms with E-state index in [1.165, 1.54) is 0 Å². The molecule has 21 heavy (non-hydrogen) atoms. The number of aromatic nitrogens is 1. The highest BCUT2D eigenvalue weighted by molar-refractivity contribution is 5.79. The number of pyridine rings is 1. The Bertz CT molecular complexity index is 634. The molecule has 0 amide bonds. The van der Waals surface area contributed by atoms with E-state index in [4.69, 9.17) is 5.11 Å². The van der Waals surface area contributed by atoms with Gasteiger partial charge in [-0.15, -0.1) is 0 Å². The van der Waals surface area contributed by atoms with Gasteiger partial charge in [0.2, 0.25) is 0 Å². The summed E-state index contributed by atoms with van der Waals surface area (Å²) >= 11 is 0. The summed E-state index contributed by atoms with van der Waals surface area (Å²) in [5.74, 6) is -0.894. The minimum absolute atomic E-state index is 0.211. The maximum absolute atomic E-state index is 10.9. The highest BCUT2D eigenvalue weighted by atomic mass is 16.4. The van der Waals surface area contributed by atoms with Gasteiger partial charge in [-0.1, -0.05) is 37.3 Å². The van der Waals surface area contributed by atoms with Crippen LogP contribution in [0.25, 0.3) is 17.0 Å². The monoisotopic (exact) mass is 283 g/mol. The molecule has 3 heteroatoms. The van der Waals surface area contributed by atoms with Gasteiger partial charge in [0, 0.05) is 5.39 Å². The van der Waals surface area contributed by atoms with Gasteiger partial charge in [0.25, 0.3) is 0 Å². The second kappa shape index (κ2) is 7.58. The third-order valence-electron chi connectivity index (χ3n) is 3.67. The first-order valence-electron chi connectivity index (χ1n) is 7.46. The van der Waals surface area contributed by atoms with Crippen molar-refractivity contribution in [3.05, 3.63) is 48.2 Å². The van der Waals surface area contributed by atoms with Crippen LogP contribution in [0.2, 0.25) is 0 Å². The number of carboxylic acids is 1. The topological polar surface area (TPSA) is 50.2 Å². The number of para-hydroxylation sites is 1. The van der Waals surface area contributed by atoms with E-state index in [0.29, 0.717) is 6.42 Å². The van der Waals surface area contributed by atoms with Crippen LogP contribution in [0.5, 0.6) is 0 Å². The van der Waals surface area contributed by atoms with E-state index in [1.807, 2.05) is 43.3 Å². The Morgan fingerprint density at radius 1 is 1.29 bits per heavy atom. The zero-order valence-corrected chi connectivity index (χ0v) is 12.3. The molecule has 0 aliphatic rings. The van der Waals surface area contributed by atoms with Gasteiger partial charge in [0.05, 0.1) is 17.1 Å². The van der Waals surface area contributed by atoms with E-state index in [1.54, 1.807) is 0 Å². The van der Waals surface area contributed by atoms with Crippen LogP contribution in [0.15, 0.2) is 42.5 Å². The lowest BCUT2D eigenvalue weighted by Gasteiger charge is -2.07. The van der Waals surface area contributed by atoms with Gasteiger partial charge in [-0.2, -0.15) is 0 Å². The Balaban J connectivity index is 1.87. The second-order valence-electron chi connectivity index (χ2n) is 5.21. The molecular formula is C18H21NO2. The Morgan fingerprint density at radius 3 is 2.86 bits per heavy atom. The fourth-order valence-electron chi connectivity index (χ4n) is 2.36. The largest absolute Gasteiger partial charge is 0.481 e. The molecule has 0 fully saturated rings. The summed E-state index contributed by atoms with van der Waals surface area (Å²) in [5.41, 5.74) is 1.94. The molecule has 1 aromatic carbocycles. The Hall–Kier alpha value is -2.16. The van der Waals surface area contributed by atoms with Gasteiger partial charge >= 0.3 is 5.97 Å². The number of rotatable bonds is 7. The molecule has 2 rings (SSSR count). The lowest BCUT2D eigenvalue weighted by molar-refractivity contribution is -0.142. The molecule has 1 atom stereocenters. The predicted molar refractivity (Wildman–Crippen MR) is 86.0 cm³/mol. The molecule has 3 nitrogen and oxygen atoms in total. The number of benzene rings is 1. The number of nitrogens with zero attached hydrogens (tertiary/aromatic N) is 1.